The quantitative estimate of drug-likeness (QED) is 0.674. The zero-order valence-corrected chi connectivity index (χ0v) is 17.6. The average Bonchev–Trinajstić information content (AvgIpc) is 3.32. The van der Waals surface area contributed by atoms with Gasteiger partial charge in [-0.1, -0.05) is 5.21 Å². The molecule has 1 aromatic heterocycles. The lowest BCUT2D eigenvalue weighted by molar-refractivity contribution is -0.122. The number of carbonyl (C=O) groups excluding carboxylic acids is 2. The van der Waals surface area contributed by atoms with Gasteiger partial charge in [0.05, 0.1) is 23.8 Å². The molecule has 158 valence electrons. The van der Waals surface area contributed by atoms with Gasteiger partial charge in [0.2, 0.25) is 5.91 Å². The lowest BCUT2D eigenvalue weighted by Crippen LogP contribution is -2.41. The molecule has 2 atom stereocenters. The van der Waals surface area contributed by atoms with E-state index >= 15 is 0 Å². The van der Waals surface area contributed by atoms with Gasteiger partial charge < -0.3 is 16.0 Å². The van der Waals surface area contributed by atoms with Crippen LogP contribution in [0.3, 0.4) is 0 Å². The molecule has 0 saturated carbocycles. The summed E-state index contributed by atoms with van der Waals surface area (Å²) >= 11 is 0. The number of aromatic nitrogens is 3. The van der Waals surface area contributed by atoms with Gasteiger partial charge in [-0.3, -0.25) is 9.59 Å². The fourth-order valence-electron chi connectivity index (χ4n) is 3.24. The van der Waals surface area contributed by atoms with Crippen LogP contribution in [0.15, 0.2) is 24.4 Å². The van der Waals surface area contributed by atoms with Crippen LogP contribution in [-0.2, 0) is 10.3 Å². The smallest absolute Gasteiger partial charge is 0.252 e. The summed E-state index contributed by atoms with van der Waals surface area (Å²) in [6.45, 7) is 5.89. The fraction of sp³-hybridized carbons (Fsp3) is 0.474. The third kappa shape index (κ3) is 4.91. The Kier molecular flexibility index (Phi) is 6.97. The number of likely N-dealkylation sites (N-methyl/N-ethyl adjacent to an activating group) is 1. The van der Waals surface area contributed by atoms with E-state index in [0.717, 1.165) is 0 Å². The second-order valence-corrected chi connectivity index (χ2v) is 7.59. The first kappa shape index (κ1) is 22.8. The predicted molar refractivity (Wildman–Crippen MR) is 108 cm³/mol. The second-order valence-electron chi connectivity index (χ2n) is 7.59. The molecule has 1 aliphatic heterocycles. The van der Waals surface area contributed by atoms with E-state index in [0.29, 0.717) is 29.8 Å². The normalized spacial score (nSPS) is 18.8. The Morgan fingerprint density at radius 1 is 1.34 bits per heavy atom. The van der Waals surface area contributed by atoms with E-state index in [2.05, 4.69) is 26.3 Å². The molecule has 1 aromatic carbocycles. The highest BCUT2D eigenvalue weighted by molar-refractivity contribution is 5.94. The van der Waals surface area contributed by atoms with Gasteiger partial charge in [-0.2, -0.15) is 0 Å². The predicted octanol–water partition coefficient (Wildman–Crippen LogP) is 1.46. The Morgan fingerprint density at radius 3 is 2.72 bits per heavy atom. The number of hydrogen-bond donors (Lipinski definition) is 3. The number of halogens is 2. The molecule has 29 heavy (non-hydrogen) atoms. The molecule has 0 radical (unpaired) electrons. The Morgan fingerprint density at radius 2 is 2.07 bits per heavy atom. The first-order valence-electron chi connectivity index (χ1n) is 9.17. The molecular weight excluding hydrogens is 399 g/mol. The Bertz CT molecular complexity index is 901. The number of amides is 2. The van der Waals surface area contributed by atoms with E-state index in [1.165, 1.54) is 18.2 Å². The van der Waals surface area contributed by atoms with Gasteiger partial charge in [-0.15, -0.1) is 17.5 Å². The third-order valence-corrected chi connectivity index (χ3v) is 5.04. The number of aryl methyl sites for hydroxylation is 1. The maximum absolute atomic E-state index is 13.4. The molecule has 1 fully saturated rings. The van der Waals surface area contributed by atoms with Crippen molar-refractivity contribution >= 4 is 24.2 Å². The maximum Gasteiger partial charge on any atom is 0.252 e. The molecule has 3 rings (SSSR count). The molecule has 2 heterocycles. The van der Waals surface area contributed by atoms with Crippen molar-refractivity contribution < 1.29 is 14.0 Å². The van der Waals surface area contributed by atoms with Gasteiger partial charge in [0.15, 0.2) is 0 Å². The van der Waals surface area contributed by atoms with Crippen molar-refractivity contribution in [3.63, 3.8) is 0 Å². The van der Waals surface area contributed by atoms with Crippen molar-refractivity contribution in [1.29, 1.82) is 0 Å². The number of benzene rings is 1. The van der Waals surface area contributed by atoms with E-state index in [1.54, 1.807) is 24.9 Å². The first-order chi connectivity index (χ1) is 13.2. The minimum atomic E-state index is -0.774. The summed E-state index contributed by atoms with van der Waals surface area (Å²) in [5, 5.41) is 17.1. The highest BCUT2D eigenvalue weighted by Gasteiger charge is 2.32. The van der Waals surface area contributed by atoms with Gasteiger partial charge in [-0.05, 0) is 51.0 Å². The highest BCUT2D eigenvalue weighted by Crippen LogP contribution is 2.23. The Balaban J connectivity index is 0.00000300. The van der Waals surface area contributed by atoms with E-state index in [1.807, 2.05) is 13.8 Å². The fourth-order valence-corrected chi connectivity index (χ4v) is 3.24. The van der Waals surface area contributed by atoms with E-state index in [4.69, 9.17) is 0 Å². The van der Waals surface area contributed by atoms with Crippen LogP contribution in [0.25, 0.3) is 0 Å². The summed E-state index contributed by atoms with van der Waals surface area (Å²) in [7, 11) is 1.61. The topological polar surface area (TPSA) is 101 Å². The number of rotatable bonds is 5. The van der Waals surface area contributed by atoms with Crippen LogP contribution in [-0.4, -0.2) is 46.4 Å². The van der Waals surface area contributed by atoms with Crippen molar-refractivity contribution in [2.24, 2.45) is 0 Å². The second kappa shape index (κ2) is 8.87. The van der Waals surface area contributed by atoms with Gasteiger partial charge in [0.1, 0.15) is 11.5 Å². The first-order valence-corrected chi connectivity index (χ1v) is 9.17. The summed E-state index contributed by atoms with van der Waals surface area (Å²) in [4.78, 5) is 24.3. The summed E-state index contributed by atoms with van der Waals surface area (Å²) in [6, 6.07) is 4.00. The van der Waals surface area contributed by atoms with Crippen LogP contribution < -0.4 is 16.0 Å². The minimum absolute atomic E-state index is 0. The third-order valence-electron chi connectivity index (χ3n) is 5.04. The highest BCUT2D eigenvalue weighted by atomic mass is 35.5. The zero-order valence-electron chi connectivity index (χ0n) is 16.8. The number of nitrogens with one attached hydrogen (secondary N) is 3. The van der Waals surface area contributed by atoms with E-state index in [-0.39, 0.29) is 42.1 Å². The van der Waals surface area contributed by atoms with Crippen LogP contribution in [0.5, 0.6) is 0 Å². The SMILES string of the molecule is CNC(=O)[C@@H]1C[C@@H](n2cc(C(C)(C)NC(=O)c3ccc(F)c(C)c3)nn2)CN1.Cl. The van der Waals surface area contributed by atoms with Gasteiger partial charge in [0, 0.05) is 19.2 Å². The van der Waals surface area contributed by atoms with Crippen LogP contribution in [0.2, 0.25) is 0 Å². The molecule has 8 nitrogen and oxygen atoms in total. The molecule has 0 unspecified atom stereocenters. The lowest BCUT2D eigenvalue weighted by atomic mass is 10.00. The lowest BCUT2D eigenvalue weighted by Gasteiger charge is -2.24. The molecule has 10 heteroatoms. The number of hydrogen-bond acceptors (Lipinski definition) is 5. The monoisotopic (exact) mass is 424 g/mol. The molecule has 3 N–H and O–H groups in total. The zero-order chi connectivity index (χ0) is 20.5. The standard InChI is InChI=1S/C19H25FN6O2.ClH/c1-11-7-12(5-6-14(11)20)17(27)23-19(2,3)16-10-26(25-24-16)13-8-15(22-9-13)18(28)21-4;/h5-7,10,13,15,22H,8-9H2,1-4H3,(H,21,28)(H,23,27);1H/t13-,15+;/m1./s1. The Hall–Kier alpha value is -2.52. The molecule has 2 aromatic rings. The van der Waals surface area contributed by atoms with Crippen molar-refractivity contribution in [1.82, 2.24) is 30.9 Å². The van der Waals surface area contributed by atoms with Gasteiger partial charge >= 0.3 is 0 Å². The molecular formula is C19H26ClFN6O2. The molecule has 0 aliphatic carbocycles. The van der Waals surface area contributed by atoms with Crippen molar-refractivity contribution in [3.8, 4) is 0 Å². The van der Waals surface area contributed by atoms with Crippen LogP contribution >= 0.6 is 12.4 Å². The molecule has 2 amide bonds. The van der Waals surface area contributed by atoms with Crippen LogP contribution in [0.4, 0.5) is 4.39 Å². The number of nitrogens with zero attached hydrogens (tertiary/aromatic N) is 3. The molecule has 1 saturated heterocycles. The van der Waals surface area contributed by atoms with Gasteiger partial charge in [-0.25, -0.2) is 9.07 Å². The van der Waals surface area contributed by atoms with Crippen LogP contribution in [0.1, 0.15) is 47.9 Å². The van der Waals surface area contributed by atoms with E-state index < -0.39 is 5.54 Å². The molecule has 0 spiro atoms. The van der Waals surface area contributed by atoms with Gasteiger partial charge in [0.25, 0.3) is 5.91 Å². The van der Waals surface area contributed by atoms with E-state index in [9.17, 15) is 14.0 Å². The molecule has 1 aliphatic rings. The van der Waals surface area contributed by atoms with Crippen LogP contribution in [0, 0.1) is 12.7 Å². The number of carbonyl (C=O) groups is 2. The summed E-state index contributed by atoms with van der Waals surface area (Å²) < 4.78 is 15.2. The minimum Gasteiger partial charge on any atom is -0.358 e. The summed E-state index contributed by atoms with van der Waals surface area (Å²) in [5.41, 5.74) is 0.621. The summed E-state index contributed by atoms with van der Waals surface area (Å²) in [6.07, 6.45) is 2.40. The largest absolute Gasteiger partial charge is 0.358 e. The van der Waals surface area contributed by atoms with Crippen molar-refractivity contribution in [3.05, 3.63) is 47.0 Å². The summed E-state index contributed by atoms with van der Waals surface area (Å²) in [5.74, 6) is -0.714. The Labute approximate surface area is 175 Å². The maximum atomic E-state index is 13.4. The van der Waals surface area contributed by atoms with Crippen molar-refractivity contribution in [2.75, 3.05) is 13.6 Å². The van der Waals surface area contributed by atoms with Crippen molar-refractivity contribution in [2.45, 2.75) is 44.8 Å². The average molecular weight is 425 g/mol. The molecule has 0 bridgehead atoms.